The molecule has 0 saturated carbocycles. The molecule has 0 spiro atoms. The summed E-state index contributed by atoms with van der Waals surface area (Å²) in [7, 11) is 0. The molecule has 2 nitrogen and oxygen atoms in total. The molecular formula is C14H10ClNO. The first-order valence-corrected chi connectivity index (χ1v) is 5.51. The van der Waals surface area contributed by atoms with E-state index >= 15 is 0 Å². The van der Waals surface area contributed by atoms with E-state index in [1.54, 1.807) is 30.3 Å². The van der Waals surface area contributed by atoms with Crippen LogP contribution in [0.5, 0.6) is 11.5 Å². The quantitative estimate of drug-likeness (QED) is 0.787. The molecule has 0 unspecified atom stereocenters. The first-order valence-electron chi connectivity index (χ1n) is 5.14. The maximum absolute atomic E-state index is 9.07. The minimum absolute atomic E-state index is 0.558. The van der Waals surface area contributed by atoms with Crippen LogP contribution < -0.4 is 4.74 Å². The summed E-state index contributed by atoms with van der Waals surface area (Å²) in [6.07, 6.45) is 0. The van der Waals surface area contributed by atoms with Gasteiger partial charge in [0.2, 0.25) is 0 Å². The van der Waals surface area contributed by atoms with Gasteiger partial charge in [-0.2, -0.15) is 5.26 Å². The molecule has 0 aromatic heterocycles. The maximum Gasteiger partial charge on any atom is 0.145 e. The Hall–Kier alpha value is -1.98. The van der Waals surface area contributed by atoms with E-state index in [1.165, 1.54) is 0 Å². The van der Waals surface area contributed by atoms with Crippen molar-refractivity contribution in [3.8, 4) is 17.6 Å². The monoisotopic (exact) mass is 243 g/mol. The fourth-order valence-corrected chi connectivity index (χ4v) is 1.62. The molecule has 0 amide bonds. The van der Waals surface area contributed by atoms with E-state index in [9.17, 15) is 0 Å². The number of rotatable bonds is 2. The third-order valence-electron chi connectivity index (χ3n) is 2.39. The maximum atomic E-state index is 9.07. The highest BCUT2D eigenvalue weighted by Gasteiger charge is 2.06. The van der Waals surface area contributed by atoms with Gasteiger partial charge in [-0.05, 0) is 42.8 Å². The van der Waals surface area contributed by atoms with Crippen LogP contribution in [0.3, 0.4) is 0 Å². The molecule has 2 aromatic rings. The number of halogens is 1. The van der Waals surface area contributed by atoms with Crippen molar-refractivity contribution in [2.45, 2.75) is 6.92 Å². The van der Waals surface area contributed by atoms with Gasteiger partial charge in [-0.3, -0.25) is 0 Å². The fourth-order valence-electron chi connectivity index (χ4n) is 1.50. The number of aryl methyl sites for hydroxylation is 1. The van der Waals surface area contributed by atoms with E-state index in [0.29, 0.717) is 22.1 Å². The lowest BCUT2D eigenvalue weighted by Crippen LogP contribution is -1.90. The Balaban J connectivity index is 2.34. The van der Waals surface area contributed by atoms with Gasteiger partial charge in [0.1, 0.15) is 17.6 Å². The lowest BCUT2D eigenvalue weighted by molar-refractivity contribution is 0.480. The van der Waals surface area contributed by atoms with Crippen LogP contribution in [0.15, 0.2) is 42.5 Å². The van der Waals surface area contributed by atoms with Gasteiger partial charge in [-0.15, -0.1) is 0 Å². The molecule has 2 rings (SSSR count). The van der Waals surface area contributed by atoms with Gasteiger partial charge in [0.15, 0.2) is 0 Å². The summed E-state index contributed by atoms with van der Waals surface area (Å²) >= 11 is 5.79. The first kappa shape index (κ1) is 11.5. The molecule has 0 aliphatic rings. The molecule has 2 aromatic carbocycles. The van der Waals surface area contributed by atoms with Crippen LogP contribution in [0.2, 0.25) is 5.02 Å². The van der Waals surface area contributed by atoms with Crippen molar-refractivity contribution in [3.05, 3.63) is 58.6 Å². The largest absolute Gasteiger partial charge is 0.456 e. The van der Waals surface area contributed by atoms with Crippen molar-refractivity contribution in [3.63, 3.8) is 0 Å². The number of nitrogens with zero attached hydrogens (tertiary/aromatic N) is 1. The molecule has 0 heterocycles. The summed E-state index contributed by atoms with van der Waals surface area (Å²) < 4.78 is 5.66. The summed E-state index contributed by atoms with van der Waals surface area (Å²) in [5.41, 5.74) is 1.46. The molecule has 0 fully saturated rings. The third-order valence-corrected chi connectivity index (χ3v) is 2.64. The van der Waals surface area contributed by atoms with Crippen LogP contribution in [-0.4, -0.2) is 0 Å². The molecule has 0 aliphatic heterocycles. The van der Waals surface area contributed by atoms with Crippen molar-refractivity contribution in [1.82, 2.24) is 0 Å². The van der Waals surface area contributed by atoms with Crippen molar-refractivity contribution in [2.24, 2.45) is 0 Å². The molecule has 0 aliphatic carbocycles. The zero-order chi connectivity index (χ0) is 12.3. The van der Waals surface area contributed by atoms with Crippen LogP contribution in [0, 0.1) is 18.3 Å². The third kappa shape index (κ3) is 2.58. The van der Waals surface area contributed by atoms with Gasteiger partial charge >= 0.3 is 0 Å². The molecule has 0 N–H and O–H groups in total. The second kappa shape index (κ2) is 4.90. The van der Waals surface area contributed by atoms with E-state index in [2.05, 4.69) is 6.07 Å². The van der Waals surface area contributed by atoms with Gasteiger partial charge in [0, 0.05) is 5.02 Å². The van der Waals surface area contributed by atoms with E-state index in [4.69, 9.17) is 21.6 Å². The predicted molar refractivity (Wildman–Crippen MR) is 67.4 cm³/mol. The minimum atomic E-state index is 0.558. The Morgan fingerprint density at radius 3 is 2.47 bits per heavy atom. The molecule has 0 atom stereocenters. The van der Waals surface area contributed by atoms with E-state index in [-0.39, 0.29) is 0 Å². The summed E-state index contributed by atoms with van der Waals surface area (Å²) in [6.45, 7) is 1.88. The number of benzene rings is 2. The molecule has 3 heteroatoms. The molecule has 0 bridgehead atoms. The Bertz CT molecular complexity index is 570. The van der Waals surface area contributed by atoms with Crippen LogP contribution in [0.1, 0.15) is 11.1 Å². The zero-order valence-electron chi connectivity index (χ0n) is 9.27. The fraction of sp³-hybridized carbons (Fsp3) is 0.0714. The summed E-state index contributed by atoms with van der Waals surface area (Å²) in [5, 5.41) is 9.73. The Kier molecular flexibility index (Phi) is 3.32. The molecule has 0 radical (unpaired) electrons. The highest BCUT2D eigenvalue weighted by atomic mass is 35.5. The summed E-state index contributed by atoms with van der Waals surface area (Å²) in [6, 6.07) is 14.7. The normalized spacial score (nSPS) is 9.71. The number of hydrogen-bond donors (Lipinski definition) is 0. The van der Waals surface area contributed by atoms with Gasteiger partial charge in [-0.25, -0.2) is 0 Å². The van der Waals surface area contributed by atoms with Gasteiger partial charge in [0.25, 0.3) is 0 Å². The van der Waals surface area contributed by atoms with Crippen LogP contribution in [0.25, 0.3) is 0 Å². The van der Waals surface area contributed by atoms with Gasteiger partial charge in [-0.1, -0.05) is 23.7 Å². The van der Waals surface area contributed by atoms with Crippen LogP contribution >= 0.6 is 11.6 Å². The lowest BCUT2D eigenvalue weighted by Gasteiger charge is -2.08. The Morgan fingerprint density at radius 1 is 1.12 bits per heavy atom. The minimum Gasteiger partial charge on any atom is -0.456 e. The summed E-state index contributed by atoms with van der Waals surface area (Å²) in [5.74, 6) is 1.23. The average molecular weight is 244 g/mol. The highest BCUT2D eigenvalue weighted by Crippen LogP contribution is 2.27. The van der Waals surface area contributed by atoms with Crippen molar-refractivity contribution in [1.29, 1.82) is 5.26 Å². The Morgan fingerprint density at radius 2 is 1.82 bits per heavy atom. The number of hydrogen-bond acceptors (Lipinski definition) is 2. The van der Waals surface area contributed by atoms with Gasteiger partial charge < -0.3 is 4.74 Å². The van der Waals surface area contributed by atoms with Gasteiger partial charge in [0.05, 0.1) is 5.56 Å². The Labute approximate surface area is 105 Å². The second-order valence-electron chi connectivity index (χ2n) is 3.62. The SMILES string of the molecule is Cc1cccc(Oc2ccc(Cl)cc2)c1C#N. The van der Waals surface area contributed by atoms with Crippen molar-refractivity contribution < 1.29 is 4.74 Å². The second-order valence-corrected chi connectivity index (χ2v) is 4.05. The standard InChI is InChI=1S/C14H10ClNO/c1-10-3-2-4-14(13(10)9-16)17-12-7-5-11(15)6-8-12/h2-8H,1H3. The first-order chi connectivity index (χ1) is 8.20. The summed E-state index contributed by atoms with van der Waals surface area (Å²) in [4.78, 5) is 0. The lowest BCUT2D eigenvalue weighted by atomic mass is 10.1. The molecule has 84 valence electrons. The van der Waals surface area contributed by atoms with Crippen LogP contribution in [-0.2, 0) is 0 Å². The van der Waals surface area contributed by atoms with E-state index < -0.39 is 0 Å². The van der Waals surface area contributed by atoms with E-state index in [1.807, 2.05) is 19.1 Å². The highest BCUT2D eigenvalue weighted by molar-refractivity contribution is 6.30. The zero-order valence-corrected chi connectivity index (χ0v) is 10.0. The molecule has 0 saturated heterocycles. The topological polar surface area (TPSA) is 33.0 Å². The van der Waals surface area contributed by atoms with E-state index in [0.717, 1.165) is 5.56 Å². The molecule has 17 heavy (non-hydrogen) atoms. The van der Waals surface area contributed by atoms with Crippen molar-refractivity contribution in [2.75, 3.05) is 0 Å². The number of ether oxygens (including phenoxy) is 1. The van der Waals surface area contributed by atoms with Crippen LogP contribution in [0.4, 0.5) is 0 Å². The number of nitriles is 1. The van der Waals surface area contributed by atoms with Crippen molar-refractivity contribution >= 4 is 11.6 Å². The average Bonchev–Trinajstić information content (AvgIpc) is 2.32. The molecular weight excluding hydrogens is 234 g/mol. The predicted octanol–water partition coefficient (Wildman–Crippen LogP) is 4.31. The smallest absolute Gasteiger partial charge is 0.145 e.